The number of halogens is 3. The topological polar surface area (TPSA) is 105 Å². The molecule has 1 amide bonds. The molecule has 0 radical (unpaired) electrons. The third-order valence-electron chi connectivity index (χ3n) is 6.29. The lowest BCUT2D eigenvalue weighted by Gasteiger charge is -2.35. The van der Waals surface area contributed by atoms with Crippen LogP contribution in [0.1, 0.15) is 15.9 Å². The van der Waals surface area contributed by atoms with Gasteiger partial charge in [-0.05, 0) is 47.5 Å². The summed E-state index contributed by atoms with van der Waals surface area (Å²) in [5, 5.41) is 5.94. The van der Waals surface area contributed by atoms with Gasteiger partial charge < -0.3 is 25.0 Å². The fraction of sp³-hybridized carbons (Fsp3) is 0.333. The first kappa shape index (κ1) is 27.2. The number of carbonyl (C=O) groups is 1. The molecule has 1 aromatic heterocycles. The van der Waals surface area contributed by atoms with Gasteiger partial charge in [0.15, 0.2) is 6.61 Å². The van der Waals surface area contributed by atoms with Crippen molar-refractivity contribution < 1.29 is 27.4 Å². The van der Waals surface area contributed by atoms with Crippen molar-refractivity contribution in [2.75, 3.05) is 56.6 Å². The van der Waals surface area contributed by atoms with Gasteiger partial charge in [-0.1, -0.05) is 18.7 Å². The molecule has 0 spiro atoms. The van der Waals surface area contributed by atoms with Crippen molar-refractivity contribution in [1.82, 2.24) is 24.8 Å². The molecule has 7 heterocycles. The van der Waals surface area contributed by atoms with Gasteiger partial charge in [-0.25, -0.2) is 0 Å². The smallest absolute Gasteiger partial charge is 0.422 e. The number of nitrogens with one attached hydrogen (secondary N) is 2. The van der Waals surface area contributed by atoms with Crippen molar-refractivity contribution in [2.24, 2.45) is 0 Å². The Labute approximate surface area is 228 Å². The monoisotopic (exact) mass is 555 g/mol. The average molecular weight is 556 g/mol. The number of hydrogen-bond donors (Lipinski definition) is 2. The van der Waals surface area contributed by atoms with Crippen LogP contribution < -0.4 is 20.1 Å². The van der Waals surface area contributed by atoms with E-state index >= 15 is 0 Å². The van der Waals surface area contributed by atoms with E-state index in [9.17, 15) is 18.0 Å². The third kappa shape index (κ3) is 7.38. The van der Waals surface area contributed by atoms with Gasteiger partial charge >= 0.3 is 12.2 Å². The molecular formula is C27H28F3N7O3. The summed E-state index contributed by atoms with van der Waals surface area (Å²) in [4.78, 5) is 29.3. The Morgan fingerprint density at radius 2 is 1.65 bits per heavy atom. The molecule has 2 N–H and O–H groups in total. The fourth-order valence-corrected chi connectivity index (χ4v) is 4.25. The summed E-state index contributed by atoms with van der Waals surface area (Å²) < 4.78 is 48.9. The van der Waals surface area contributed by atoms with Gasteiger partial charge in [0.05, 0.1) is 0 Å². The Balaban J connectivity index is 1.40. The van der Waals surface area contributed by atoms with E-state index in [1.54, 1.807) is 24.3 Å². The number of rotatable bonds is 2. The first-order valence-corrected chi connectivity index (χ1v) is 12.7. The Kier molecular flexibility index (Phi) is 8.01. The third-order valence-corrected chi connectivity index (χ3v) is 6.29. The van der Waals surface area contributed by atoms with Gasteiger partial charge in [-0.2, -0.15) is 28.1 Å². The molecule has 0 unspecified atom stereocenters. The highest BCUT2D eigenvalue weighted by Crippen LogP contribution is 2.22. The first-order chi connectivity index (χ1) is 19.2. The molecule has 13 heteroatoms. The molecule has 0 atom stereocenters. The van der Waals surface area contributed by atoms with Gasteiger partial charge in [-0.15, -0.1) is 0 Å². The summed E-state index contributed by atoms with van der Waals surface area (Å²) in [7, 11) is 0. The van der Waals surface area contributed by atoms with Gasteiger partial charge in [0.2, 0.25) is 11.9 Å². The van der Waals surface area contributed by atoms with Crippen molar-refractivity contribution in [3.05, 3.63) is 71.8 Å². The van der Waals surface area contributed by atoms with Gasteiger partial charge in [0.1, 0.15) is 12.4 Å². The van der Waals surface area contributed by atoms with Crippen molar-refractivity contribution in [1.29, 1.82) is 0 Å². The molecular weight excluding hydrogens is 527 g/mol. The lowest BCUT2D eigenvalue weighted by Crippen LogP contribution is -2.49. The van der Waals surface area contributed by atoms with Crippen LogP contribution >= 0.6 is 0 Å². The molecule has 9 rings (SSSR count). The van der Waals surface area contributed by atoms with Crippen LogP contribution in [-0.2, 0) is 6.54 Å². The summed E-state index contributed by atoms with van der Waals surface area (Å²) in [5.41, 5.74) is 2.86. The van der Waals surface area contributed by atoms with Crippen LogP contribution in [0.4, 0.5) is 30.8 Å². The number of anilines is 3. The maximum absolute atomic E-state index is 13.0. The van der Waals surface area contributed by atoms with Crippen LogP contribution in [0.25, 0.3) is 0 Å². The minimum Gasteiger partial charge on any atom is -0.489 e. The number of amides is 1. The fourth-order valence-electron chi connectivity index (χ4n) is 4.25. The molecule has 40 heavy (non-hydrogen) atoms. The number of nitrogens with zero attached hydrogens (tertiary/aromatic N) is 5. The number of hydrogen-bond acceptors (Lipinski definition) is 9. The molecule has 1 fully saturated rings. The maximum Gasteiger partial charge on any atom is 0.422 e. The van der Waals surface area contributed by atoms with E-state index in [4.69, 9.17) is 9.47 Å². The number of ether oxygens (including phenoxy) is 2. The number of carbonyl (C=O) groups excluding carboxylic acids is 1. The van der Waals surface area contributed by atoms with Gasteiger partial charge in [0.25, 0.3) is 5.91 Å². The second-order valence-electron chi connectivity index (χ2n) is 9.48. The molecule has 6 aliphatic heterocycles. The highest BCUT2D eigenvalue weighted by molar-refractivity contribution is 5.94. The highest BCUT2D eigenvalue weighted by atomic mass is 19.4. The SMILES string of the molecule is C=C1COc2ccc(cc2)CNc2nc(nc(OCC(F)(F)F)n2)Nc2ccc(cc2)C(=O)N2CCN(CC2)C1. The molecule has 6 aliphatic rings. The van der Waals surface area contributed by atoms with E-state index in [0.29, 0.717) is 43.2 Å². The number of fused-ring (bicyclic) bond motifs is 1. The zero-order chi connectivity index (χ0) is 28.1. The van der Waals surface area contributed by atoms with Gasteiger partial charge in [0, 0.05) is 50.5 Å². The summed E-state index contributed by atoms with van der Waals surface area (Å²) in [6.45, 7) is 6.58. The second kappa shape index (κ2) is 11.8. The molecule has 8 bridgehead atoms. The zero-order valence-corrected chi connectivity index (χ0v) is 21.6. The summed E-state index contributed by atoms with van der Waals surface area (Å²) in [6.07, 6.45) is -4.56. The van der Waals surface area contributed by atoms with E-state index in [-0.39, 0.29) is 24.3 Å². The number of piperazine rings is 1. The first-order valence-electron chi connectivity index (χ1n) is 12.7. The van der Waals surface area contributed by atoms with Crippen LogP contribution in [0.2, 0.25) is 0 Å². The molecule has 10 nitrogen and oxygen atoms in total. The number of aromatic nitrogens is 3. The van der Waals surface area contributed by atoms with Crippen molar-refractivity contribution in [2.45, 2.75) is 12.7 Å². The van der Waals surface area contributed by atoms with Crippen LogP contribution in [0, 0.1) is 0 Å². The Bertz CT molecular complexity index is 1340. The Morgan fingerprint density at radius 1 is 0.950 bits per heavy atom. The quantitative estimate of drug-likeness (QED) is 0.456. The van der Waals surface area contributed by atoms with Crippen molar-refractivity contribution >= 4 is 23.5 Å². The zero-order valence-electron chi connectivity index (χ0n) is 21.6. The minimum absolute atomic E-state index is 0.0211. The number of alkyl halides is 3. The van der Waals surface area contributed by atoms with E-state index in [1.165, 1.54) is 0 Å². The maximum atomic E-state index is 13.0. The van der Waals surface area contributed by atoms with E-state index in [0.717, 1.165) is 24.2 Å². The van der Waals surface area contributed by atoms with Gasteiger partial charge in [-0.3, -0.25) is 9.69 Å². The van der Waals surface area contributed by atoms with Crippen LogP contribution in [0.15, 0.2) is 60.7 Å². The molecule has 3 aromatic rings. The lowest BCUT2D eigenvalue weighted by atomic mass is 10.1. The van der Waals surface area contributed by atoms with E-state index in [1.807, 2.05) is 29.2 Å². The normalized spacial score (nSPS) is 16.8. The van der Waals surface area contributed by atoms with Crippen LogP contribution in [0.5, 0.6) is 11.8 Å². The summed E-state index contributed by atoms with van der Waals surface area (Å²) in [5.74, 6) is 0.601. The molecule has 210 valence electrons. The molecule has 0 aliphatic carbocycles. The Hall–Kier alpha value is -4.39. The molecule has 2 aromatic carbocycles. The standard InChI is InChI=1S/C27H28F3N7O3/c1-18-15-36-10-12-37(13-11-36)23(38)20-4-6-21(7-5-20)32-25-33-24(34-26(35-25)40-17-27(28,29)30)31-14-19-2-8-22(9-3-19)39-16-18/h2-9H,1,10-17H2,(H2,31,32,33,34,35). The van der Waals surface area contributed by atoms with Crippen LogP contribution in [0.3, 0.4) is 0 Å². The largest absolute Gasteiger partial charge is 0.489 e. The summed E-state index contributed by atoms with van der Waals surface area (Å²) >= 11 is 0. The highest BCUT2D eigenvalue weighted by Gasteiger charge is 2.29. The molecule has 0 saturated carbocycles. The minimum atomic E-state index is -4.56. The summed E-state index contributed by atoms with van der Waals surface area (Å²) in [6, 6.07) is 13.6. The second-order valence-corrected chi connectivity index (χ2v) is 9.48. The van der Waals surface area contributed by atoms with E-state index < -0.39 is 18.8 Å². The Morgan fingerprint density at radius 3 is 2.35 bits per heavy atom. The molecule has 1 saturated heterocycles. The predicted molar refractivity (Wildman–Crippen MR) is 142 cm³/mol. The number of benzene rings is 2. The average Bonchev–Trinajstić information content (AvgIpc) is 2.94. The lowest BCUT2D eigenvalue weighted by molar-refractivity contribution is -0.154. The predicted octanol–water partition coefficient (Wildman–Crippen LogP) is 3.87. The van der Waals surface area contributed by atoms with Crippen molar-refractivity contribution in [3.8, 4) is 11.8 Å². The van der Waals surface area contributed by atoms with Crippen molar-refractivity contribution in [3.63, 3.8) is 0 Å². The van der Waals surface area contributed by atoms with E-state index in [2.05, 4.69) is 37.1 Å². The van der Waals surface area contributed by atoms with Crippen LogP contribution in [-0.4, -0.2) is 82.8 Å².